The summed E-state index contributed by atoms with van der Waals surface area (Å²) in [4.78, 5) is 6.49. The van der Waals surface area contributed by atoms with Crippen molar-refractivity contribution < 1.29 is 9.40 Å². The molecular weight excluding hydrogens is 346 g/mol. The molecule has 3 rings (SSSR count). The highest BCUT2D eigenvalue weighted by atomic mass is 16.7. The fourth-order valence-electron chi connectivity index (χ4n) is 4.22. The fourth-order valence-corrected chi connectivity index (χ4v) is 4.22. The average Bonchev–Trinajstić information content (AvgIpc) is 2.65. The van der Waals surface area contributed by atoms with Crippen molar-refractivity contribution in [1.82, 2.24) is 5.06 Å². The third kappa shape index (κ3) is 4.60. The van der Waals surface area contributed by atoms with Crippen molar-refractivity contribution in [3.05, 3.63) is 65.5 Å². The van der Waals surface area contributed by atoms with Crippen molar-refractivity contribution in [3.8, 4) is 6.07 Å². The van der Waals surface area contributed by atoms with Crippen molar-refractivity contribution in [2.75, 3.05) is 0 Å². The van der Waals surface area contributed by atoms with Crippen LogP contribution in [0.25, 0.3) is 0 Å². The molecule has 1 aromatic carbocycles. The summed E-state index contributed by atoms with van der Waals surface area (Å²) in [5.74, 6) is 0. The second kappa shape index (κ2) is 8.03. The van der Waals surface area contributed by atoms with E-state index in [4.69, 9.17) is 10.1 Å². The molecule has 1 fully saturated rings. The normalized spacial score (nSPS) is 19.7. The lowest BCUT2D eigenvalue weighted by atomic mass is 9.82. The first kappa shape index (κ1) is 20.5. The van der Waals surface area contributed by atoms with Gasteiger partial charge >= 0.3 is 0 Å². The molecule has 148 valence electrons. The van der Waals surface area contributed by atoms with E-state index in [1.54, 1.807) is 0 Å². The average molecular weight is 379 g/mol. The molecule has 28 heavy (non-hydrogen) atoms. The minimum Gasteiger partial charge on any atom is -0.290 e. The lowest BCUT2D eigenvalue weighted by molar-refractivity contribution is -0.688. The summed E-state index contributed by atoms with van der Waals surface area (Å²) in [6.45, 7) is 12.0. The van der Waals surface area contributed by atoms with Gasteiger partial charge in [-0.2, -0.15) is 10.3 Å². The number of piperidine rings is 1. The molecule has 1 aliphatic heterocycles. The molecule has 2 heterocycles. The third-order valence-electron chi connectivity index (χ3n) is 5.77. The Morgan fingerprint density at radius 2 is 1.61 bits per heavy atom. The van der Waals surface area contributed by atoms with Gasteiger partial charge in [0.25, 0.3) is 0 Å². The van der Waals surface area contributed by atoms with Gasteiger partial charge in [-0.3, -0.25) is 4.84 Å². The van der Waals surface area contributed by atoms with Crippen LogP contribution in [0.4, 0.5) is 0 Å². The standard InChI is InChI=1S/C24H32N3O/c1-19(28-27-23(2,3)13-6-14-24(27,4)5)22-11-15-26(16-12-22)18-21-9-7-20(17-25)8-10-21/h7-12,15-16,19H,6,13-14,18H2,1-5H3/q+1. The summed E-state index contributed by atoms with van der Waals surface area (Å²) >= 11 is 0. The zero-order valence-corrected chi connectivity index (χ0v) is 17.8. The SMILES string of the molecule is CC(ON1C(C)(C)CCCC1(C)C)c1cc[n+](Cc2ccc(C#N)cc2)cc1. The predicted molar refractivity (Wildman–Crippen MR) is 110 cm³/mol. The van der Waals surface area contributed by atoms with Crippen molar-refractivity contribution in [3.63, 3.8) is 0 Å². The molecule has 0 bridgehead atoms. The maximum absolute atomic E-state index is 8.91. The molecule has 0 N–H and O–H groups in total. The maximum Gasteiger partial charge on any atom is 0.173 e. The molecule has 0 saturated carbocycles. The van der Waals surface area contributed by atoms with Crippen LogP contribution in [0.15, 0.2) is 48.8 Å². The third-order valence-corrected chi connectivity index (χ3v) is 5.77. The number of benzene rings is 1. The molecule has 0 aliphatic carbocycles. The van der Waals surface area contributed by atoms with Gasteiger partial charge in [0.05, 0.1) is 11.6 Å². The minimum absolute atomic E-state index is 0.00112. The van der Waals surface area contributed by atoms with Crippen LogP contribution in [-0.4, -0.2) is 16.1 Å². The highest BCUT2D eigenvalue weighted by molar-refractivity contribution is 5.31. The molecule has 1 saturated heterocycles. The van der Waals surface area contributed by atoms with Crippen LogP contribution >= 0.6 is 0 Å². The maximum atomic E-state index is 8.91. The summed E-state index contributed by atoms with van der Waals surface area (Å²) < 4.78 is 2.15. The largest absolute Gasteiger partial charge is 0.290 e. The van der Waals surface area contributed by atoms with E-state index >= 15 is 0 Å². The van der Waals surface area contributed by atoms with Crippen LogP contribution in [0.2, 0.25) is 0 Å². The van der Waals surface area contributed by atoms with Gasteiger partial charge in [0.2, 0.25) is 0 Å². The Balaban J connectivity index is 1.67. The van der Waals surface area contributed by atoms with E-state index < -0.39 is 0 Å². The van der Waals surface area contributed by atoms with Gasteiger partial charge in [-0.15, -0.1) is 0 Å². The molecule has 1 aliphatic rings. The van der Waals surface area contributed by atoms with Gasteiger partial charge in [-0.25, -0.2) is 4.57 Å². The second-order valence-corrected chi connectivity index (χ2v) is 9.13. The lowest BCUT2D eigenvalue weighted by Crippen LogP contribution is -2.58. The molecule has 4 heteroatoms. The van der Waals surface area contributed by atoms with E-state index in [-0.39, 0.29) is 17.2 Å². The molecule has 1 aromatic heterocycles. The van der Waals surface area contributed by atoms with Crippen LogP contribution in [0.5, 0.6) is 0 Å². The topological polar surface area (TPSA) is 40.1 Å². The molecule has 1 atom stereocenters. The molecule has 2 aromatic rings. The molecule has 4 nitrogen and oxygen atoms in total. The zero-order chi connectivity index (χ0) is 20.4. The number of rotatable bonds is 5. The van der Waals surface area contributed by atoms with E-state index in [9.17, 15) is 0 Å². The molecular formula is C24H32N3O+. The van der Waals surface area contributed by atoms with Crippen molar-refractivity contribution in [2.45, 2.75) is 77.6 Å². The van der Waals surface area contributed by atoms with E-state index in [1.807, 2.05) is 24.3 Å². The first-order valence-corrected chi connectivity index (χ1v) is 10.2. The van der Waals surface area contributed by atoms with Gasteiger partial charge in [0, 0.05) is 28.8 Å². The van der Waals surface area contributed by atoms with E-state index in [2.05, 4.69) is 74.8 Å². The van der Waals surface area contributed by atoms with E-state index in [1.165, 1.54) is 17.5 Å². The monoisotopic (exact) mass is 378 g/mol. The zero-order valence-electron chi connectivity index (χ0n) is 17.8. The molecule has 1 unspecified atom stereocenters. The molecule has 0 radical (unpaired) electrons. The number of hydroxylamine groups is 2. The van der Waals surface area contributed by atoms with Crippen LogP contribution in [-0.2, 0) is 11.4 Å². The first-order valence-electron chi connectivity index (χ1n) is 10.2. The Morgan fingerprint density at radius 3 is 2.14 bits per heavy atom. The smallest absolute Gasteiger partial charge is 0.173 e. The Labute approximate surface area is 169 Å². The number of nitriles is 1. The first-order chi connectivity index (χ1) is 13.2. The molecule has 0 spiro atoms. The predicted octanol–water partition coefficient (Wildman–Crippen LogP) is 4.93. The highest BCUT2D eigenvalue weighted by Crippen LogP contribution is 2.40. The summed E-state index contributed by atoms with van der Waals surface area (Å²) in [7, 11) is 0. The van der Waals surface area contributed by atoms with Crippen LogP contribution in [0.3, 0.4) is 0 Å². The summed E-state index contributed by atoms with van der Waals surface area (Å²) in [5, 5.41) is 11.1. The Hall–Kier alpha value is -2.22. The lowest BCUT2D eigenvalue weighted by Gasteiger charge is -2.52. The van der Waals surface area contributed by atoms with Crippen LogP contribution in [0.1, 0.15) is 76.7 Å². The number of pyridine rings is 1. The highest BCUT2D eigenvalue weighted by Gasteiger charge is 2.43. The van der Waals surface area contributed by atoms with Gasteiger partial charge < -0.3 is 0 Å². The van der Waals surface area contributed by atoms with Crippen molar-refractivity contribution in [2.24, 2.45) is 0 Å². The van der Waals surface area contributed by atoms with Gasteiger partial charge in [-0.05, 0) is 71.6 Å². The quantitative estimate of drug-likeness (QED) is 0.693. The fraction of sp³-hybridized carbons (Fsp3) is 0.500. The van der Waals surface area contributed by atoms with Gasteiger partial charge in [-0.1, -0.05) is 12.1 Å². The Morgan fingerprint density at radius 1 is 1.04 bits per heavy atom. The van der Waals surface area contributed by atoms with E-state index in [0.29, 0.717) is 5.56 Å². The van der Waals surface area contributed by atoms with E-state index in [0.717, 1.165) is 19.4 Å². The van der Waals surface area contributed by atoms with Gasteiger partial charge in [0.15, 0.2) is 18.9 Å². The summed E-state index contributed by atoms with van der Waals surface area (Å²) in [6.07, 6.45) is 7.75. The second-order valence-electron chi connectivity index (χ2n) is 9.13. The Bertz CT molecular complexity index is 816. The number of aromatic nitrogens is 1. The molecule has 0 amide bonds. The van der Waals surface area contributed by atoms with Crippen molar-refractivity contribution in [1.29, 1.82) is 5.26 Å². The number of hydrogen-bond donors (Lipinski definition) is 0. The minimum atomic E-state index is 0.00112. The number of nitrogens with zero attached hydrogens (tertiary/aromatic N) is 3. The van der Waals surface area contributed by atoms with Gasteiger partial charge in [0.1, 0.15) is 6.10 Å². The summed E-state index contributed by atoms with van der Waals surface area (Å²) in [5.41, 5.74) is 3.13. The van der Waals surface area contributed by atoms with Crippen LogP contribution in [0, 0.1) is 11.3 Å². The van der Waals surface area contributed by atoms with Crippen molar-refractivity contribution >= 4 is 0 Å². The Kier molecular flexibility index (Phi) is 5.88. The number of hydrogen-bond acceptors (Lipinski definition) is 3. The van der Waals surface area contributed by atoms with Crippen LogP contribution < -0.4 is 4.57 Å². The summed E-state index contributed by atoms with van der Waals surface area (Å²) in [6, 6.07) is 14.2.